The SMILES string of the molecule is Cc1ccccc1[C@H](C)NC1CCc2c(O)cccc21. The van der Waals surface area contributed by atoms with Crippen molar-refractivity contribution in [3.05, 3.63) is 64.7 Å². The van der Waals surface area contributed by atoms with Gasteiger partial charge in [-0.3, -0.25) is 0 Å². The van der Waals surface area contributed by atoms with E-state index in [-0.39, 0.29) is 0 Å². The highest BCUT2D eigenvalue weighted by atomic mass is 16.3. The van der Waals surface area contributed by atoms with Gasteiger partial charge in [0.15, 0.2) is 0 Å². The highest BCUT2D eigenvalue weighted by Crippen LogP contribution is 2.37. The number of phenols is 1. The molecule has 1 aliphatic rings. The average molecular weight is 267 g/mol. The lowest BCUT2D eigenvalue weighted by molar-refractivity contribution is 0.464. The van der Waals surface area contributed by atoms with E-state index >= 15 is 0 Å². The number of aryl methyl sites for hydroxylation is 1. The minimum atomic E-state index is 0.314. The lowest BCUT2D eigenvalue weighted by Gasteiger charge is -2.22. The maximum absolute atomic E-state index is 9.92. The number of rotatable bonds is 3. The van der Waals surface area contributed by atoms with Crippen molar-refractivity contribution in [2.75, 3.05) is 0 Å². The second-order valence-electron chi connectivity index (χ2n) is 5.68. The van der Waals surface area contributed by atoms with Gasteiger partial charge in [0.1, 0.15) is 5.75 Å². The Kier molecular flexibility index (Phi) is 3.49. The van der Waals surface area contributed by atoms with E-state index < -0.39 is 0 Å². The Morgan fingerprint density at radius 2 is 1.95 bits per heavy atom. The molecular weight excluding hydrogens is 246 g/mol. The molecule has 0 aliphatic heterocycles. The number of phenolic OH excluding ortho intramolecular Hbond substituents is 1. The molecule has 3 rings (SSSR count). The Bertz CT molecular complexity index is 621. The van der Waals surface area contributed by atoms with Crippen molar-refractivity contribution in [2.24, 2.45) is 0 Å². The number of nitrogens with one attached hydrogen (secondary N) is 1. The summed E-state index contributed by atoms with van der Waals surface area (Å²) in [6, 6.07) is 15.0. The van der Waals surface area contributed by atoms with Crippen LogP contribution in [-0.2, 0) is 6.42 Å². The van der Waals surface area contributed by atoms with Crippen LogP contribution in [0.1, 0.15) is 47.7 Å². The fourth-order valence-electron chi connectivity index (χ4n) is 3.27. The van der Waals surface area contributed by atoms with Gasteiger partial charge in [-0.25, -0.2) is 0 Å². The molecule has 20 heavy (non-hydrogen) atoms. The number of fused-ring (bicyclic) bond motifs is 1. The lowest BCUT2D eigenvalue weighted by atomic mass is 10.0. The third kappa shape index (κ3) is 2.32. The number of benzene rings is 2. The molecule has 2 N–H and O–H groups in total. The van der Waals surface area contributed by atoms with Gasteiger partial charge in [0.25, 0.3) is 0 Å². The van der Waals surface area contributed by atoms with E-state index in [4.69, 9.17) is 0 Å². The van der Waals surface area contributed by atoms with Gasteiger partial charge in [-0.15, -0.1) is 0 Å². The van der Waals surface area contributed by atoms with E-state index in [1.807, 2.05) is 6.07 Å². The zero-order chi connectivity index (χ0) is 14.1. The average Bonchev–Trinajstić information content (AvgIpc) is 2.84. The molecule has 0 bridgehead atoms. The third-order valence-corrected chi connectivity index (χ3v) is 4.35. The van der Waals surface area contributed by atoms with Crippen molar-refractivity contribution in [1.82, 2.24) is 5.32 Å². The van der Waals surface area contributed by atoms with Crippen LogP contribution in [0.3, 0.4) is 0 Å². The van der Waals surface area contributed by atoms with Gasteiger partial charge >= 0.3 is 0 Å². The molecule has 104 valence electrons. The molecule has 2 nitrogen and oxygen atoms in total. The predicted octanol–water partition coefficient (Wildman–Crippen LogP) is 4.04. The van der Waals surface area contributed by atoms with Crippen LogP contribution in [-0.4, -0.2) is 5.11 Å². The first-order chi connectivity index (χ1) is 9.66. The minimum absolute atomic E-state index is 0.314. The van der Waals surface area contributed by atoms with Crippen molar-refractivity contribution >= 4 is 0 Å². The molecule has 0 fully saturated rings. The van der Waals surface area contributed by atoms with Crippen molar-refractivity contribution in [3.8, 4) is 5.75 Å². The predicted molar refractivity (Wildman–Crippen MR) is 81.9 cm³/mol. The summed E-state index contributed by atoms with van der Waals surface area (Å²) in [4.78, 5) is 0. The van der Waals surface area contributed by atoms with E-state index in [9.17, 15) is 5.11 Å². The quantitative estimate of drug-likeness (QED) is 0.879. The van der Waals surface area contributed by atoms with E-state index in [2.05, 4.69) is 49.5 Å². The zero-order valence-electron chi connectivity index (χ0n) is 12.1. The molecular formula is C18H21NO. The van der Waals surface area contributed by atoms with Crippen LogP contribution in [0.2, 0.25) is 0 Å². The fourth-order valence-corrected chi connectivity index (χ4v) is 3.27. The molecule has 0 spiro atoms. The van der Waals surface area contributed by atoms with Gasteiger partial charge in [-0.2, -0.15) is 0 Å². The summed E-state index contributed by atoms with van der Waals surface area (Å²) in [5.41, 5.74) is 5.04. The van der Waals surface area contributed by atoms with Gasteiger partial charge < -0.3 is 10.4 Å². The zero-order valence-corrected chi connectivity index (χ0v) is 12.1. The first-order valence-electron chi connectivity index (χ1n) is 7.29. The molecule has 2 aromatic rings. The summed E-state index contributed by atoms with van der Waals surface area (Å²) < 4.78 is 0. The molecule has 1 unspecified atom stereocenters. The molecule has 1 aliphatic carbocycles. The molecule has 0 heterocycles. The van der Waals surface area contributed by atoms with E-state index in [1.165, 1.54) is 16.7 Å². The van der Waals surface area contributed by atoms with Crippen LogP contribution in [0, 0.1) is 6.92 Å². The van der Waals surface area contributed by atoms with Gasteiger partial charge in [0, 0.05) is 12.1 Å². The Balaban J connectivity index is 1.81. The number of hydrogen-bond acceptors (Lipinski definition) is 2. The van der Waals surface area contributed by atoms with E-state index in [1.54, 1.807) is 6.07 Å². The Morgan fingerprint density at radius 1 is 1.15 bits per heavy atom. The van der Waals surface area contributed by atoms with E-state index in [0.717, 1.165) is 18.4 Å². The Hall–Kier alpha value is -1.80. The number of hydrogen-bond donors (Lipinski definition) is 2. The van der Waals surface area contributed by atoms with Crippen LogP contribution >= 0.6 is 0 Å². The normalized spacial score (nSPS) is 18.8. The van der Waals surface area contributed by atoms with Gasteiger partial charge in [0.05, 0.1) is 0 Å². The largest absolute Gasteiger partial charge is 0.508 e. The van der Waals surface area contributed by atoms with Crippen LogP contribution in [0.5, 0.6) is 5.75 Å². The molecule has 0 radical (unpaired) electrons. The summed E-state index contributed by atoms with van der Waals surface area (Å²) in [6.07, 6.45) is 2.02. The highest BCUT2D eigenvalue weighted by Gasteiger charge is 2.25. The molecule has 2 heteroatoms. The van der Waals surface area contributed by atoms with Crippen molar-refractivity contribution < 1.29 is 5.11 Å². The lowest BCUT2D eigenvalue weighted by Crippen LogP contribution is -2.23. The monoisotopic (exact) mass is 267 g/mol. The Morgan fingerprint density at radius 3 is 2.75 bits per heavy atom. The molecule has 0 aromatic heterocycles. The molecule has 2 aromatic carbocycles. The van der Waals surface area contributed by atoms with Crippen LogP contribution in [0.15, 0.2) is 42.5 Å². The topological polar surface area (TPSA) is 32.3 Å². The van der Waals surface area contributed by atoms with Gasteiger partial charge in [-0.1, -0.05) is 36.4 Å². The standard InChI is InChI=1S/C18H21NO/c1-12-6-3-4-7-14(12)13(2)19-17-11-10-16-15(17)8-5-9-18(16)20/h3-9,13,17,19-20H,10-11H2,1-2H3/t13-,17?/m0/s1. The molecule has 0 amide bonds. The maximum atomic E-state index is 9.92. The van der Waals surface area contributed by atoms with Crippen LogP contribution in [0.25, 0.3) is 0 Å². The minimum Gasteiger partial charge on any atom is -0.508 e. The van der Waals surface area contributed by atoms with Crippen LogP contribution in [0.4, 0.5) is 0 Å². The highest BCUT2D eigenvalue weighted by molar-refractivity contribution is 5.44. The summed E-state index contributed by atoms with van der Waals surface area (Å²) in [6.45, 7) is 4.37. The second kappa shape index (κ2) is 5.29. The second-order valence-corrected chi connectivity index (χ2v) is 5.68. The summed E-state index contributed by atoms with van der Waals surface area (Å²) in [5.74, 6) is 0.440. The smallest absolute Gasteiger partial charge is 0.119 e. The summed E-state index contributed by atoms with van der Waals surface area (Å²) >= 11 is 0. The van der Waals surface area contributed by atoms with Crippen LogP contribution < -0.4 is 5.32 Å². The fraction of sp³-hybridized carbons (Fsp3) is 0.333. The summed E-state index contributed by atoms with van der Waals surface area (Å²) in [7, 11) is 0. The first kappa shape index (κ1) is 13.2. The van der Waals surface area contributed by atoms with Gasteiger partial charge in [-0.05, 0) is 55.0 Å². The third-order valence-electron chi connectivity index (χ3n) is 4.35. The van der Waals surface area contributed by atoms with Crippen molar-refractivity contribution in [3.63, 3.8) is 0 Å². The van der Waals surface area contributed by atoms with E-state index in [0.29, 0.717) is 17.8 Å². The van der Waals surface area contributed by atoms with Crippen molar-refractivity contribution in [2.45, 2.75) is 38.8 Å². The molecule has 2 atom stereocenters. The van der Waals surface area contributed by atoms with Crippen molar-refractivity contribution in [1.29, 1.82) is 0 Å². The first-order valence-corrected chi connectivity index (χ1v) is 7.29. The molecule has 0 saturated heterocycles. The maximum Gasteiger partial charge on any atom is 0.119 e. The molecule has 0 saturated carbocycles. The summed E-state index contributed by atoms with van der Waals surface area (Å²) in [5, 5.41) is 13.6. The van der Waals surface area contributed by atoms with Gasteiger partial charge in [0.2, 0.25) is 0 Å². The number of aromatic hydroxyl groups is 1. The Labute approximate surface area is 120 Å².